The number of fused-ring (bicyclic) bond motifs is 3. The molecule has 0 saturated carbocycles. The van der Waals surface area contributed by atoms with Gasteiger partial charge in [-0.3, -0.25) is 4.79 Å². The summed E-state index contributed by atoms with van der Waals surface area (Å²) in [6.45, 7) is 1.80. The number of amides is 1. The molecule has 0 spiro atoms. The normalized spacial score (nSPS) is 17.4. The Morgan fingerprint density at radius 1 is 1.45 bits per heavy atom. The third-order valence-corrected chi connectivity index (χ3v) is 4.13. The maximum Gasteiger partial charge on any atom is 0.229 e. The maximum atomic E-state index is 12.4. The minimum atomic E-state index is -0.0652. The van der Waals surface area contributed by atoms with Crippen LogP contribution in [0, 0.1) is 12.8 Å². The summed E-state index contributed by atoms with van der Waals surface area (Å²) >= 11 is 0. The molecule has 1 atom stereocenters. The van der Waals surface area contributed by atoms with E-state index in [1.54, 1.807) is 13.0 Å². The van der Waals surface area contributed by atoms with Gasteiger partial charge >= 0.3 is 0 Å². The average Bonchev–Trinajstić information content (AvgIpc) is 3.10. The van der Waals surface area contributed by atoms with E-state index in [0.717, 1.165) is 29.9 Å². The van der Waals surface area contributed by atoms with Gasteiger partial charge in [0, 0.05) is 30.3 Å². The molecule has 1 aliphatic rings. The fourth-order valence-corrected chi connectivity index (χ4v) is 3.04. The van der Waals surface area contributed by atoms with Gasteiger partial charge in [-0.1, -0.05) is 11.2 Å². The molecular weight excluding hydrogens is 280 g/mol. The molecule has 1 amide bonds. The Balaban J connectivity index is 1.57. The number of anilines is 1. The SMILES string of the molecule is Cc1cc(NC(=O)C2CCc3nc4ccccn4c3C2)no1. The van der Waals surface area contributed by atoms with E-state index in [-0.39, 0.29) is 11.8 Å². The number of nitrogens with zero attached hydrogens (tertiary/aromatic N) is 3. The van der Waals surface area contributed by atoms with Gasteiger partial charge in [0.1, 0.15) is 11.4 Å². The first-order valence-corrected chi connectivity index (χ1v) is 7.40. The summed E-state index contributed by atoms with van der Waals surface area (Å²) in [7, 11) is 0. The average molecular weight is 296 g/mol. The fourth-order valence-electron chi connectivity index (χ4n) is 3.04. The number of imidazole rings is 1. The van der Waals surface area contributed by atoms with Crippen LogP contribution in [0.25, 0.3) is 5.65 Å². The lowest BCUT2D eigenvalue weighted by molar-refractivity contribution is -0.120. The Labute approximate surface area is 127 Å². The summed E-state index contributed by atoms with van der Waals surface area (Å²) in [4.78, 5) is 17.1. The molecule has 0 bridgehead atoms. The van der Waals surface area contributed by atoms with E-state index in [4.69, 9.17) is 4.52 Å². The Morgan fingerprint density at radius 2 is 2.36 bits per heavy atom. The standard InChI is InChI=1S/C16H16N4O2/c1-10-8-14(19-22-10)18-16(21)11-5-6-12-13(9-11)20-7-3-2-4-15(20)17-12/h2-4,7-8,11H,5-6,9H2,1H3,(H,18,19,21). The summed E-state index contributed by atoms with van der Waals surface area (Å²) in [5.74, 6) is 1.09. The largest absolute Gasteiger partial charge is 0.360 e. The third kappa shape index (κ3) is 2.16. The van der Waals surface area contributed by atoms with Crippen LogP contribution in [0.5, 0.6) is 0 Å². The molecule has 6 nitrogen and oxygen atoms in total. The molecule has 0 aliphatic heterocycles. The first kappa shape index (κ1) is 13.1. The number of aromatic nitrogens is 3. The second-order valence-corrected chi connectivity index (χ2v) is 5.69. The first-order valence-electron chi connectivity index (χ1n) is 7.40. The van der Waals surface area contributed by atoms with Gasteiger partial charge in [-0.05, 0) is 31.9 Å². The van der Waals surface area contributed by atoms with Crippen LogP contribution in [0.3, 0.4) is 0 Å². The zero-order valence-corrected chi connectivity index (χ0v) is 12.2. The highest BCUT2D eigenvalue weighted by molar-refractivity contribution is 5.92. The van der Waals surface area contributed by atoms with Gasteiger partial charge in [0.05, 0.1) is 5.69 Å². The summed E-state index contributed by atoms with van der Waals surface area (Å²) < 4.78 is 7.05. The van der Waals surface area contributed by atoms with Gasteiger partial charge < -0.3 is 14.2 Å². The van der Waals surface area contributed by atoms with Crippen LogP contribution in [0.2, 0.25) is 0 Å². The van der Waals surface area contributed by atoms with Gasteiger partial charge in [-0.15, -0.1) is 0 Å². The Hall–Kier alpha value is -2.63. The number of rotatable bonds is 2. The van der Waals surface area contributed by atoms with Crippen LogP contribution >= 0.6 is 0 Å². The zero-order chi connectivity index (χ0) is 15.1. The van der Waals surface area contributed by atoms with Crippen molar-refractivity contribution >= 4 is 17.4 Å². The first-order chi connectivity index (χ1) is 10.7. The molecule has 3 aromatic heterocycles. The van der Waals surface area contributed by atoms with E-state index in [0.29, 0.717) is 18.0 Å². The molecule has 3 aromatic rings. The van der Waals surface area contributed by atoms with Crippen LogP contribution in [0.15, 0.2) is 35.0 Å². The minimum Gasteiger partial charge on any atom is -0.360 e. The molecule has 3 heterocycles. The molecule has 1 N–H and O–H groups in total. The lowest BCUT2D eigenvalue weighted by Crippen LogP contribution is -2.28. The van der Waals surface area contributed by atoms with E-state index in [1.807, 2.05) is 24.4 Å². The predicted octanol–water partition coefficient (Wildman–Crippen LogP) is 2.37. The molecule has 4 rings (SSSR count). The maximum absolute atomic E-state index is 12.4. The summed E-state index contributed by atoms with van der Waals surface area (Å²) in [5, 5.41) is 6.64. The Morgan fingerprint density at radius 3 is 3.18 bits per heavy atom. The van der Waals surface area contributed by atoms with Crippen LogP contribution in [0.1, 0.15) is 23.6 Å². The van der Waals surface area contributed by atoms with Gasteiger partial charge in [0.2, 0.25) is 5.91 Å². The van der Waals surface area contributed by atoms with Crippen molar-refractivity contribution in [1.82, 2.24) is 14.5 Å². The van der Waals surface area contributed by atoms with E-state index < -0.39 is 0 Å². The van der Waals surface area contributed by atoms with Crippen molar-refractivity contribution in [3.8, 4) is 0 Å². The number of hydrogen-bond donors (Lipinski definition) is 1. The highest BCUT2D eigenvalue weighted by Gasteiger charge is 2.28. The summed E-state index contributed by atoms with van der Waals surface area (Å²) in [6, 6.07) is 7.67. The highest BCUT2D eigenvalue weighted by atomic mass is 16.5. The molecular formula is C16H16N4O2. The van der Waals surface area contributed by atoms with E-state index in [2.05, 4.69) is 19.9 Å². The number of carbonyl (C=O) groups is 1. The van der Waals surface area contributed by atoms with Crippen molar-refractivity contribution in [2.45, 2.75) is 26.2 Å². The van der Waals surface area contributed by atoms with Gasteiger partial charge in [-0.2, -0.15) is 0 Å². The molecule has 0 saturated heterocycles. The monoisotopic (exact) mass is 296 g/mol. The number of carbonyl (C=O) groups excluding carboxylic acids is 1. The number of pyridine rings is 1. The molecule has 112 valence electrons. The van der Waals surface area contributed by atoms with Crippen molar-refractivity contribution in [3.63, 3.8) is 0 Å². The van der Waals surface area contributed by atoms with E-state index >= 15 is 0 Å². The summed E-state index contributed by atoms with van der Waals surface area (Å²) in [5.41, 5.74) is 3.19. The Bertz CT molecular complexity index is 849. The Kier molecular flexibility index (Phi) is 2.96. The quantitative estimate of drug-likeness (QED) is 0.788. The van der Waals surface area contributed by atoms with Gasteiger partial charge in [-0.25, -0.2) is 4.98 Å². The van der Waals surface area contributed by atoms with Crippen LogP contribution in [0.4, 0.5) is 5.82 Å². The topological polar surface area (TPSA) is 72.4 Å². The smallest absolute Gasteiger partial charge is 0.229 e. The van der Waals surface area contributed by atoms with Crippen molar-refractivity contribution < 1.29 is 9.32 Å². The van der Waals surface area contributed by atoms with Crippen molar-refractivity contribution in [2.24, 2.45) is 5.92 Å². The van der Waals surface area contributed by atoms with Crippen molar-refractivity contribution in [3.05, 3.63) is 47.6 Å². The molecule has 22 heavy (non-hydrogen) atoms. The highest BCUT2D eigenvalue weighted by Crippen LogP contribution is 2.27. The van der Waals surface area contributed by atoms with E-state index in [9.17, 15) is 4.79 Å². The molecule has 1 unspecified atom stereocenters. The fraction of sp³-hybridized carbons (Fsp3) is 0.312. The molecule has 0 aromatic carbocycles. The number of nitrogens with one attached hydrogen (secondary N) is 1. The lowest BCUT2D eigenvalue weighted by Gasteiger charge is -2.20. The molecule has 0 radical (unpaired) electrons. The minimum absolute atomic E-state index is 0.00942. The third-order valence-electron chi connectivity index (χ3n) is 4.13. The molecule has 0 fully saturated rings. The van der Waals surface area contributed by atoms with Crippen molar-refractivity contribution in [1.29, 1.82) is 0 Å². The van der Waals surface area contributed by atoms with Gasteiger partial charge in [0.25, 0.3) is 0 Å². The predicted molar refractivity (Wildman–Crippen MR) is 80.6 cm³/mol. The molecule has 1 aliphatic carbocycles. The van der Waals surface area contributed by atoms with E-state index in [1.165, 1.54) is 0 Å². The van der Waals surface area contributed by atoms with Crippen molar-refractivity contribution in [2.75, 3.05) is 5.32 Å². The van der Waals surface area contributed by atoms with Gasteiger partial charge in [0.15, 0.2) is 5.82 Å². The van der Waals surface area contributed by atoms with Crippen LogP contribution < -0.4 is 5.32 Å². The second-order valence-electron chi connectivity index (χ2n) is 5.69. The van der Waals surface area contributed by atoms with Crippen LogP contribution in [-0.2, 0) is 17.6 Å². The summed E-state index contributed by atoms with van der Waals surface area (Å²) in [6.07, 6.45) is 4.33. The van der Waals surface area contributed by atoms with Crippen LogP contribution in [-0.4, -0.2) is 20.4 Å². The second kappa shape index (κ2) is 4.98. The number of aryl methyl sites for hydroxylation is 2. The molecule has 6 heteroatoms. The number of hydrogen-bond acceptors (Lipinski definition) is 4. The zero-order valence-electron chi connectivity index (χ0n) is 12.2. The lowest BCUT2D eigenvalue weighted by atomic mass is 9.89.